The van der Waals surface area contributed by atoms with E-state index in [4.69, 9.17) is 15.7 Å². The van der Waals surface area contributed by atoms with Gasteiger partial charge < -0.3 is 15.7 Å². The molecule has 1 aliphatic rings. The smallest absolute Gasteiger partial charge is 0.171 e. The van der Waals surface area contributed by atoms with Gasteiger partial charge in [-0.3, -0.25) is 0 Å². The van der Waals surface area contributed by atoms with E-state index < -0.39 is 5.82 Å². The third-order valence-electron chi connectivity index (χ3n) is 2.79. The molecule has 0 radical (unpaired) electrons. The van der Waals surface area contributed by atoms with Crippen molar-refractivity contribution in [1.29, 1.82) is 0 Å². The fourth-order valence-electron chi connectivity index (χ4n) is 1.83. The van der Waals surface area contributed by atoms with Crippen LogP contribution in [0, 0.1) is 5.82 Å². The Morgan fingerprint density at radius 3 is 2.83 bits per heavy atom. The summed E-state index contributed by atoms with van der Waals surface area (Å²) in [7, 11) is 0. The fraction of sp³-hybridized carbons (Fsp3) is 0.417. The summed E-state index contributed by atoms with van der Waals surface area (Å²) in [4.78, 5) is 0.832. The average Bonchev–Trinajstić information content (AvgIpc) is 2.41. The predicted molar refractivity (Wildman–Crippen MR) is 68.6 cm³/mol. The summed E-state index contributed by atoms with van der Waals surface area (Å²) in [6.07, 6.45) is 1.91. The zero-order chi connectivity index (χ0) is 13.0. The Bertz CT molecular complexity index is 448. The summed E-state index contributed by atoms with van der Waals surface area (Å²) >= 11 is 1.62. The maximum atomic E-state index is 13.2. The number of oxime groups is 1. The summed E-state index contributed by atoms with van der Waals surface area (Å²) < 4.78 is 18.5. The molecule has 0 saturated carbocycles. The Balaban J connectivity index is 2.20. The quantitative estimate of drug-likeness (QED) is 0.382. The van der Waals surface area contributed by atoms with E-state index >= 15 is 0 Å². The van der Waals surface area contributed by atoms with E-state index in [9.17, 15) is 4.39 Å². The normalized spacial score (nSPS) is 17.9. The second-order valence-corrected chi connectivity index (χ2v) is 5.40. The minimum absolute atomic E-state index is 0.0657. The van der Waals surface area contributed by atoms with Gasteiger partial charge >= 0.3 is 0 Å². The van der Waals surface area contributed by atoms with Crippen molar-refractivity contribution in [3.63, 3.8) is 0 Å². The molecule has 0 amide bonds. The maximum absolute atomic E-state index is 13.2. The van der Waals surface area contributed by atoms with Crippen LogP contribution in [-0.4, -0.2) is 29.5 Å². The van der Waals surface area contributed by atoms with Crippen LogP contribution in [0.25, 0.3) is 0 Å². The third-order valence-corrected chi connectivity index (χ3v) is 4.20. The molecule has 0 spiro atoms. The van der Waals surface area contributed by atoms with Gasteiger partial charge in [-0.1, -0.05) is 5.16 Å². The summed E-state index contributed by atoms with van der Waals surface area (Å²) in [6, 6.07) is 4.34. The highest BCUT2D eigenvalue weighted by Gasteiger charge is 2.18. The van der Waals surface area contributed by atoms with E-state index in [0.717, 1.165) is 31.0 Å². The highest BCUT2D eigenvalue weighted by Crippen LogP contribution is 2.32. The molecule has 2 rings (SSSR count). The summed E-state index contributed by atoms with van der Waals surface area (Å²) in [5.74, 6) is -0.461. The Labute approximate surface area is 109 Å². The number of hydrogen-bond acceptors (Lipinski definition) is 4. The fourth-order valence-corrected chi connectivity index (χ4v) is 3.06. The molecule has 1 heterocycles. The number of halogens is 1. The van der Waals surface area contributed by atoms with Gasteiger partial charge in [-0.25, -0.2) is 4.39 Å². The molecule has 3 N–H and O–H groups in total. The highest BCUT2D eigenvalue weighted by atomic mass is 32.2. The SMILES string of the molecule is N/C(=N/O)c1cc(F)ccc1SC1CCOCC1. The Morgan fingerprint density at radius 1 is 1.44 bits per heavy atom. The molecular formula is C12H15FN2O2S. The minimum atomic E-state index is -0.395. The van der Waals surface area contributed by atoms with Gasteiger partial charge in [-0.05, 0) is 31.0 Å². The van der Waals surface area contributed by atoms with Gasteiger partial charge in [-0.15, -0.1) is 11.8 Å². The molecule has 1 fully saturated rings. The third kappa shape index (κ3) is 3.14. The highest BCUT2D eigenvalue weighted by molar-refractivity contribution is 8.00. The van der Waals surface area contributed by atoms with Crippen LogP contribution in [0.4, 0.5) is 4.39 Å². The van der Waals surface area contributed by atoms with Crippen molar-refractivity contribution in [1.82, 2.24) is 0 Å². The molecule has 4 nitrogen and oxygen atoms in total. The molecular weight excluding hydrogens is 255 g/mol. The van der Waals surface area contributed by atoms with E-state index in [2.05, 4.69) is 5.16 Å². The second-order valence-electron chi connectivity index (χ2n) is 4.06. The van der Waals surface area contributed by atoms with Crippen LogP contribution >= 0.6 is 11.8 Å². The van der Waals surface area contributed by atoms with Gasteiger partial charge in [0.15, 0.2) is 5.84 Å². The number of rotatable bonds is 3. The Kier molecular flexibility index (Phi) is 4.43. The van der Waals surface area contributed by atoms with Gasteiger partial charge in [0.2, 0.25) is 0 Å². The maximum Gasteiger partial charge on any atom is 0.171 e. The van der Waals surface area contributed by atoms with Crippen LogP contribution < -0.4 is 5.73 Å². The molecule has 6 heteroatoms. The van der Waals surface area contributed by atoms with Crippen LogP contribution in [0.3, 0.4) is 0 Å². The minimum Gasteiger partial charge on any atom is -0.409 e. The summed E-state index contributed by atoms with van der Waals surface area (Å²) in [5, 5.41) is 12.1. The van der Waals surface area contributed by atoms with E-state index in [-0.39, 0.29) is 5.84 Å². The van der Waals surface area contributed by atoms with E-state index in [1.165, 1.54) is 12.1 Å². The summed E-state index contributed by atoms with van der Waals surface area (Å²) in [6.45, 7) is 1.50. The molecule has 18 heavy (non-hydrogen) atoms. The largest absolute Gasteiger partial charge is 0.409 e. The van der Waals surface area contributed by atoms with Crippen LogP contribution in [0.1, 0.15) is 18.4 Å². The van der Waals surface area contributed by atoms with Crippen molar-refractivity contribution in [2.24, 2.45) is 10.9 Å². The number of amidine groups is 1. The van der Waals surface area contributed by atoms with Crippen molar-refractivity contribution in [3.05, 3.63) is 29.6 Å². The van der Waals surface area contributed by atoms with E-state index in [1.54, 1.807) is 17.8 Å². The standard InChI is InChI=1S/C12H15FN2O2S/c13-8-1-2-11(10(7-8)12(14)15-16)18-9-3-5-17-6-4-9/h1-2,7,9,16H,3-6H2,(H2,14,15). The van der Waals surface area contributed by atoms with Gasteiger partial charge in [0.1, 0.15) is 5.82 Å². The summed E-state index contributed by atoms with van der Waals surface area (Å²) in [5.41, 5.74) is 6.00. The molecule has 0 bridgehead atoms. The first-order valence-electron chi connectivity index (χ1n) is 5.72. The van der Waals surface area contributed by atoms with Crippen molar-refractivity contribution in [2.45, 2.75) is 23.0 Å². The number of nitrogens with zero attached hydrogens (tertiary/aromatic N) is 1. The topological polar surface area (TPSA) is 67.8 Å². The van der Waals surface area contributed by atoms with Gasteiger partial charge in [0.05, 0.1) is 0 Å². The van der Waals surface area contributed by atoms with E-state index in [0.29, 0.717) is 10.8 Å². The number of nitrogens with two attached hydrogens (primary N) is 1. The molecule has 1 saturated heterocycles. The second kappa shape index (κ2) is 6.06. The van der Waals surface area contributed by atoms with Crippen LogP contribution in [0.5, 0.6) is 0 Å². The van der Waals surface area contributed by atoms with Gasteiger partial charge in [-0.2, -0.15) is 0 Å². The first-order chi connectivity index (χ1) is 8.70. The van der Waals surface area contributed by atoms with Crippen LogP contribution in [0.2, 0.25) is 0 Å². The molecule has 0 atom stereocenters. The monoisotopic (exact) mass is 270 g/mol. The number of benzene rings is 1. The molecule has 0 unspecified atom stereocenters. The van der Waals surface area contributed by atoms with Crippen molar-refractivity contribution < 1.29 is 14.3 Å². The Hall–Kier alpha value is -1.27. The molecule has 0 aliphatic carbocycles. The van der Waals surface area contributed by atoms with Crippen molar-refractivity contribution in [3.8, 4) is 0 Å². The van der Waals surface area contributed by atoms with Crippen LogP contribution in [-0.2, 0) is 4.74 Å². The van der Waals surface area contributed by atoms with Crippen molar-refractivity contribution >= 4 is 17.6 Å². The first kappa shape index (κ1) is 13.2. The van der Waals surface area contributed by atoms with E-state index in [1.807, 2.05) is 0 Å². The first-order valence-corrected chi connectivity index (χ1v) is 6.60. The zero-order valence-electron chi connectivity index (χ0n) is 9.80. The lowest BCUT2D eigenvalue weighted by molar-refractivity contribution is 0.100. The van der Waals surface area contributed by atoms with Crippen LogP contribution in [0.15, 0.2) is 28.3 Å². The predicted octanol–water partition coefficient (Wildman–Crippen LogP) is 2.19. The Morgan fingerprint density at radius 2 is 2.17 bits per heavy atom. The lowest BCUT2D eigenvalue weighted by Crippen LogP contribution is -2.19. The lowest BCUT2D eigenvalue weighted by Gasteiger charge is -2.22. The molecule has 98 valence electrons. The van der Waals surface area contributed by atoms with Gasteiger partial charge in [0.25, 0.3) is 0 Å². The van der Waals surface area contributed by atoms with Gasteiger partial charge in [0, 0.05) is 28.9 Å². The molecule has 0 aromatic heterocycles. The molecule has 1 aliphatic heterocycles. The number of ether oxygens (including phenoxy) is 1. The lowest BCUT2D eigenvalue weighted by atomic mass is 10.2. The number of thioether (sulfide) groups is 1. The van der Waals surface area contributed by atoms with Crippen molar-refractivity contribution in [2.75, 3.05) is 13.2 Å². The molecule has 1 aromatic carbocycles. The number of hydrogen-bond donors (Lipinski definition) is 2. The average molecular weight is 270 g/mol. The zero-order valence-corrected chi connectivity index (χ0v) is 10.6. The molecule has 1 aromatic rings.